The van der Waals surface area contributed by atoms with Crippen LogP contribution in [0, 0.1) is 0 Å². The maximum atomic E-state index is 8.91. The number of hydrogen-bond donors (Lipinski definition) is 2. The van der Waals surface area contributed by atoms with Crippen LogP contribution in [0.25, 0.3) is 0 Å². The second-order valence-corrected chi connectivity index (χ2v) is 5.17. The van der Waals surface area contributed by atoms with Crippen molar-refractivity contribution in [2.45, 2.75) is 6.42 Å². The molecule has 0 bridgehead atoms. The topological polar surface area (TPSA) is 65.1 Å². The van der Waals surface area contributed by atoms with Gasteiger partial charge in [0.1, 0.15) is 0 Å². The van der Waals surface area contributed by atoms with Crippen molar-refractivity contribution in [3.8, 4) is 0 Å². The maximum Gasteiger partial charge on any atom is 0.173 e. The van der Waals surface area contributed by atoms with Gasteiger partial charge in [0, 0.05) is 25.3 Å². The molecule has 0 saturated carbocycles. The maximum absolute atomic E-state index is 8.91. The molecule has 0 radical (unpaired) electrons. The highest BCUT2D eigenvalue weighted by Gasteiger charge is 2.19. The summed E-state index contributed by atoms with van der Waals surface area (Å²) in [7, 11) is 2.12. The summed E-state index contributed by atoms with van der Waals surface area (Å²) >= 11 is 6.18. The summed E-state index contributed by atoms with van der Waals surface area (Å²) in [5, 5.41) is 12.5. The molecule has 1 saturated heterocycles. The summed E-state index contributed by atoms with van der Waals surface area (Å²) in [6.07, 6.45) is 1.08. The zero-order valence-electron chi connectivity index (χ0n) is 11.0. The summed E-state index contributed by atoms with van der Waals surface area (Å²) in [4.78, 5) is 4.54. The molecule has 1 aliphatic rings. The smallest absolute Gasteiger partial charge is 0.173 e. The van der Waals surface area contributed by atoms with E-state index in [-0.39, 0.29) is 5.84 Å². The fourth-order valence-corrected chi connectivity index (χ4v) is 2.63. The van der Waals surface area contributed by atoms with Gasteiger partial charge in [-0.3, -0.25) is 0 Å². The van der Waals surface area contributed by atoms with Crippen LogP contribution < -0.4 is 10.6 Å². The van der Waals surface area contributed by atoms with Gasteiger partial charge < -0.3 is 20.7 Å². The van der Waals surface area contributed by atoms with E-state index in [2.05, 4.69) is 22.0 Å². The third kappa shape index (κ3) is 3.11. The number of likely N-dealkylation sites (N-methyl/N-ethyl adjacent to an activating group) is 1. The van der Waals surface area contributed by atoms with Gasteiger partial charge in [0.05, 0.1) is 10.6 Å². The Hall–Kier alpha value is -1.46. The lowest BCUT2D eigenvalue weighted by Gasteiger charge is -2.25. The molecular formula is C13H19ClN4O. The van der Waals surface area contributed by atoms with E-state index in [0.29, 0.717) is 10.6 Å². The standard InChI is InChI=1S/C13H19ClN4O/c1-17-6-3-7-18(9-8-17)11-5-2-4-10(14)12(11)13(15)16-19/h2,4-5,19H,3,6-9H2,1H3,(H2,15,16). The van der Waals surface area contributed by atoms with Crippen LogP contribution in [0.4, 0.5) is 5.69 Å². The number of amidine groups is 1. The molecule has 0 amide bonds. The monoisotopic (exact) mass is 282 g/mol. The molecule has 0 atom stereocenters. The minimum atomic E-state index is 0.0539. The highest BCUT2D eigenvalue weighted by molar-refractivity contribution is 6.34. The number of halogens is 1. The number of rotatable bonds is 2. The van der Waals surface area contributed by atoms with E-state index in [1.165, 1.54) is 0 Å². The number of hydrogen-bond acceptors (Lipinski definition) is 4. The van der Waals surface area contributed by atoms with E-state index in [1.807, 2.05) is 12.1 Å². The van der Waals surface area contributed by atoms with Crippen molar-refractivity contribution < 1.29 is 5.21 Å². The van der Waals surface area contributed by atoms with E-state index in [4.69, 9.17) is 22.5 Å². The molecule has 1 aliphatic heterocycles. The first kappa shape index (κ1) is 14.0. The molecule has 19 heavy (non-hydrogen) atoms. The molecule has 3 N–H and O–H groups in total. The van der Waals surface area contributed by atoms with Crippen molar-refractivity contribution in [2.75, 3.05) is 38.1 Å². The molecule has 1 heterocycles. The van der Waals surface area contributed by atoms with E-state index in [0.717, 1.165) is 38.3 Å². The van der Waals surface area contributed by atoms with Gasteiger partial charge in [-0.15, -0.1) is 0 Å². The van der Waals surface area contributed by atoms with Crippen LogP contribution in [0.5, 0.6) is 0 Å². The van der Waals surface area contributed by atoms with Crippen molar-refractivity contribution in [3.05, 3.63) is 28.8 Å². The largest absolute Gasteiger partial charge is 0.409 e. The number of oxime groups is 1. The Morgan fingerprint density at radius 2 is 2.11 bits per heavy atom. The van der Waals surface area contributed by atoms with Gasteiger partial charge in [-0.2, -0.15) is 0 Å². The molecule has 0 unspecified atom stereocenters. The Balaban J connectivity index is 2.36. The third-order valence-electron chi connectivity index (χ3n) is 3.42. The fourth-order valence-electron chi connectivity index (χ4n) is 2.37. The van der Waals surface area contributed by atoms with E-state index >= 15 is 0 Å². The first-order valence-electron chi connectivity index (χ1n) is 6.33. The zero-order valence-corrected chi connectivity index (χ0v) is 11.8. The van der Waals surface area contributed by atoms with Crippen LogP contribution in [0.15, 0.2) is 23.4 Å². The van der Waals surface area contributed by atoms with E-state index < -0.39 is 0 Å². The van der Waals surface area contributed by atoms with Gasteiger partial charge >= 0.3 is 0 Å². The van der Waals surface area contributed by atoms with E-state index in [9.17, 15) is 0 Å². The second-order valence-electron chi connectivity index (χ2n) is 4.76. The Labute approximate surface area is 118 Å². The zero-order chi connectivity index (χ0) is 13.8. The Morgan fingerprint density at radius 1 is 1.32 bits per heavy atom. The molecular weight excluding hydrogens is 264 g/mol. The minimum Gasteiger partial charge on any atom is -0.409 e. The van der Waals surface area contributed by atoms with Crippen molar-refractivity contribution in [2.24, 2.45) is 10.9 Å². The van der Waals surface area contributed by atoms with Gasteiger partial charge in [0.25, 0.3) is 0 Å². The quantitative estimate of drug-likeness (QED) is 0.374. The minimum absolute atomic E-state index is 0.0539. The fraction of sp³-hybridized carbons (Fsp3) is 0.462. The average molecular weight is 283 g/mol. The summed E-state index contributed by atoms with van der Waals surface area (Å²) in [6.45, 7) is 3.91. The molecule has 1 aromatic rings. The van der Waals surface area contributed by atoms with Crippen molar-refractivity contribution in [1.82, 2.24) is 4.90 Å². The highest BCUT2D eigenvalue weighted by Crippen LogP contribution is 2.28. The first-order chi connectivity index (χ1) is 9.13. The SMILES string of the molecule is CN1CCCN(c2cccc(Cl)c2/C(N)=N/O)CC1. The molecule has 6 heteroatoms. The molecule has 0 aromatic heterocycles. The lowest BCUT2D eigenvalue weighted by molar-refractivity contribution is 0.318. The van der Waals surface area contributed by atoms with Crippen LogP contribution >= 0.6 is 11.6 Å². The summed E-state index contributed by atoms with van der Waals surface area (Å²) in [5.74, 6) is 0.0539. The Kier molecular flexibility index (Phi) is 4.50. The lowest BCUT2D eigenvalue weighted by Crippen LogP contribution is -2.31. The molecule has 104 valence electrons. The number of nitrogens with two attached hydrogens (primary N) is 1. The van der Waals surface area contributed by atoms with Crippen LogP contribution in [-0.2, 0) is 0 Å². The average Bonchev–Trinajstić information content (AvgIpc) is 2.62. The number of anilines is 1. The van der Waals surface area contributed by atoms with Gasteiger partial charge in [-0.25, -0.2) is 0 Å². The third-order valence-corrected chi connectivity index (χ3v) is 3.73. The predicted octanol–water partition coefficient (Wildman–Crippen LogP) is 1.58. The Morgan fingerprint density at radius 3 is 2.84 bits per heavy atom. The predicted molar refractivity (Wildman–Crippen MR) is 78.3 cm³/mol. The number of benzene rings is 1. The van der Waals surface area contributed by atoms with Crippen LogP contribution in [0.3, 0.4) is 0 Å². The Bertz CT molecular complexity index is 478. The second kappa shape index (κ2) is 6.12. The van der Waals surface area contributed by atoms with Gasteiger partial charge in [-0.05, 0) is 32.1 Å². The molecule has 1 aromatic carbocycles. The van der Waals surface area contributed by atoms with Crippen LogP contribution in [-0.4, -0.2) is 49.2 Å². The van der Waals surface area contributed by atoms with Crippen LogP contribution in [0.2, 0.25) is 5.02 Å². The van der Waals surface area contributed by atoms with Gasteiger partial charge in [0.15, 0.2) is 5.84 Å². The molecule has 2 rings (SSSR count). The molecule has 1 fully saturated rings. The summed E-state index contributed by atoms with van der Waals surface area (Å²) in [5.41, 5.74) is 7.28. The molecule has 0 aliphatic carbocycles. The summed E-state index contributed by atoms with van der Waals surface area (Å²) in [6, 6.07) is 5.60. The lowest BCUT2D eigenvalue weighted by atomic mass is 10.1. The van der Waals surface area contributed by atoms with Crippen molar-refractivity contribution in [3.63, 3.8) is 0 Å². The first-order valence-corrected chi connectivity index (χ1v) is 6.71. The van der Waals surface area contributed by atoms with Crippen molar-refractivity contribution in [1.29, 1.82) is 0 Å². The van der Waals surface area contributed by atoms with Crippen LogP contribution in [0.1, 0.15) is 12.0 Å². The number of nitrogens with zero attached hydrogens (tertiary/aromatic N) is 3. The van der Waals surface area contributed by atoms with Gasteiger partial charge in [-0.1, -0.05) is 22.8 Å². The molecule has 0 spiro atoms. The van der Waals surface area contributed by atoms with E-state index in [1.54, 1.807) is 6.07 Å². The normalized spacial score (nSPS) is 18.4. The highest BCUT2D eigenvalue weighted by atomic mass is 35.5. The van der Waals surface area contributed by atoms with Crippen molar-refractivity contribution >= 4 is 23.1 Å². The summed E-state index contributed by atoms with van der Waals surface area (Å²) < 4.78 is 0. The molecule has 5 nitrogen and oxygen atoms in total. The van der Waals surface area contributed by atoms with Gasteiger partial charge in [0.2, 0.25) is 0 Å².